The summed E-state index contributed by atoms with van der Waals surface area (Å²) in [5, 5.41) is 5.48. The molecule has 0 fully saturated rings. The van der Waals surface area contributed by atoms with Crippen molar-refractivity contribution in [3.8, 4) is 5.75 Å². The van der Waals surface area contributed by atoms with Crippen LogP contribution in [0.3, 0.4) is 0 Å². The summed E-state index contributed by atoms with van der Waals surface area (Å²) in [5.41, 5.74) is -0.308. The fourth-order valence-corrected chi connectivity index (χ4v) is 2.96. The van der Waals surface area contributed by atoms with Crippen LogP contribution in [0.4, 0.5) is 24.5 Å². The van der Waals surface area contributed by atoms with Crippen molar-refractivity contribution in [3.05, 3.63) is 87.9 Å². The molecular weight excluding hydrogens is 468 g/mol. The average molecular weight is 483 g/mol. The minimum Gasteiger partial charge on any atom is -0.484 e. The lowest BCUT2D eigenvalue weighted by atomic mass is 10.1. The zero-order valence-corrected chi connectivity index (χ0v) is 17.7. The Bertz CT molecular complexity index is 1140. The van der Waals surface area contributed by atoms with Crippen molar-refractivity contribution in [2.75, 3.05) is 17.2 Å². The lowest BCUT2D eigenvalue weighted by molar-refractivity contribution is -0.137. The third-order valence-electron chi connectivity index (χ3n) is 4.16. The molecule has 0 aliphatic rings. The zero-order valence-electron chi connectivity index (χ0n) is 16.2. The van der Waals surface area contributed by atoms with Crippen molar-refractivity contribution in [2.45, 2.75) is 6.18 Å². The highest BCUT2D eigenvalue weighted by molar-refractivity contribution is 6.44. The van der Waals surface area contributed by atoms with Crippen LogP contribution >= 0.6 is 23.2 Å². The standard InChI is InChI=1S/C22H15Cl2F3N2O3/c23-17-5-2-6-18(20(17)24)29-19(30)12-32-16-9-7-13(8-10-16)21(31)28-15-4-1-3-14(11-15)22(25,26)27/h1-11H,12H2,(H,28,31)(H,29,30). The van der Waals surface area contributed by atoms with E-state index in [4.69, 9.17) is 27.9 Å². The van der Waals surface area contributed by atoms with E-state index in [9.17, 15) is 22.8 Å². The highest BCUT2D eigenvalue weighted by atomic mass is 35.5. The Morgan fingerprint density at radius 1 is 0.906 bits per heavy atom. The summed E-state index contributed by atoms with van der Waals surface area (Å²) in [5.74, 6) is -0.752. The van der Waals surface area contributed by atoms with E-state index in [0.29, 0.717) is 16.5 Å². The van der Waals surface area contributed by atoms with Gasteiger partial charge in [-0.1, -0.05) is 35.3 Å². The van der Waals surface area contributed by atoms with Gasteiger partial charge in [0.05, 0.1) is 21.3 Å². The molecule has 3 aromatic rings. The van der Waals surface area contributed by atoms with Crippen molar-refractivity contribution in [2.24, 2.45) is 0 Å². The first kappa shape index (κ1) is 23.4. The molecule has 3 aromatic carbocycles. The monoisotopic (exact) mass is 482 g/mol. The predicted octanol–water partition coefficient (Wildman–Crippen LogP) is 6.28. The Balaban J connectivity index is 1.56. The Kier molecular flexibility index (Phi) is 7.27. The van der Waals surface area contributed by atoms with Gasteiger partial charge >= 0.3 is 6.18 Å². The topological polar surface area (TPSA) is 67.4 Å². The summed E-state index contributed by atoms with van der Waals surface area (Å²) in [7, 11) is 0. The summed E-state index contributed by atoms with van der Waals surface area (Å²) in [4.78, 5) is 24.3. The maximum absolute atomic E-state index is 12.8. The van der Waals surface area contributed by atoms with Gasteiger partial charge in [0.15, 0.2) is 6.61 Å². The van der Waals surface area contributed by atoms with Crippen molar-refractivity contribution in [1.29, 1.82) is 0 Å². The molecule has 0 unspecified atom stereocenters. The van der Waals surface area contributed by atoms with Gasteiger partial charge in [0.1, 0.15) is 5.75 Å². The lowest BCUT2D eigenvalue weighted by Crippen LogP contribution is -2.20. The molecule has 2 N–H and O–H groups in total. The van der Waals surface area contributed by atoms with E-state index < -0.39 is 23.6 Å². The zero-order chi connectivity index (χ0) is 23.3. The quantitative estimate of drug-likeness (QED) is 0.434. The Morgan fingerprint density at radius 2 is 1.59 bits per heavy atom. The number of benzene rings is 3. The number of nitrogens with one attached hydrogen (secondary N) is 2. The Labute approximate surface area is 191 Å². The molecule has 0 atom stereocenters. The van der Waals surface area contributed by atoms with Crippen LogP contribution in [0.25, 0.3) is 0 Å². The van der Waals surface area contributed by atoms with Gasteiger partial charge in [0.25, 0.3) is 11.8 Å². The minimum absolute atomic E-state index is 0.0153. The Morgan fingerprint density at radius 3 is 2.28 bits per heavy atom. The van der Waals surface area contributed by atoms with Crippen molar-refractivity contribution in [3.63, 3.8) is 0 Å². The second-order valence-corrected chi connectivity index (χ2v) is 7.28. The average Bonchev–Trinajstić information content (AvgIpc) is 2.75. The smallest absolute Gasteiger partial charge is 0.416 e. The van der Waals surface area contributed by atoms with Gasteiger partial charge in [0, 0.05) is 11.3 Å². The van der Waals surface area contributed by atoms with Gasteiger partial charge in [-0.25, -0.2) is 0 Å². The number of carbonyl (C=O) groups is 2. The largest absolute Gasteiger partial charge is 0.484 e. The van der Waals surface area contributed by atoms with Crippen LogP contribution < -0.4 is 15.4 Å². The van der Waals surface area contributed by atoms with Crippen LogP contribution in [0.2, 0.25) is 10.0 Å². The normalized spacial score (nSPS) is 11.0. The summed E-state index contributed by atoms with van der Waals surface area (Å²) >= 11 is 11.9. The first-order valence-electron chi connectivity index (χ1n) is 9.09. The van der Waals surface area contributed by atoms with Crippen molar-refractivity contribution >= 4 is 46.4 Å². The summed E-state index contributed by atoms with van der Waals surface area (Å²) in [6, 6.07) is 14.9. The molecule has 0 radical (unpaired) electrons. The van der Waals surface area contributed by atoms with E-state index in [1.807, 2.05) is 0 Å². The molecule has 3 rings (SSSR count). The van der Waals surface area contributed by atoms with E-state index in [1.54, 1.807) is 18.2 Å². The highest BCUT2D eigenvalue weighted by Crippen LogP contribution is 2.31. The molecule has 10 heteroatoms. The van der Waals surface area contributed by atoms with Gasteiger partial charge in [-0.05, 0) is 54.6 Å². The fraction of sp³-hybridized carbons (Fsp3) is 0.0909. The lowest BCUT2D eigenvalue weighted by Gasteiger charge is -2.11. The van der Waals surface area contributed by atoms with Gasteiger partial charge in [0.2, 0.25) is 0 Å². The summed E-state index contributed by atoms with van der Waals surface area (Å²) in [6.45, 7) is -0.321. The molecule has 166 valence electrons. The minimum atomic E-state index is -4.51. The highest BCUT2D eigenvalue weighted by Gasteiger charge is 2.30. The molecule has 32 heavy (non-hydrogen) atoms. The number of hydrogen-bond acceptors (Lipinski definition) is 3. The number of rotatable bonds is 6. The molecule has 0 aromatic heterocycles. The number of hydrogen-bond donors (Lipinski definition) is 2. The van der Waals surface area contributed by atoms with Crippen LogP contribution in [-0.4, -0.2) is 18.4 Å². The van der Waals surface area contributed by atoms with Crippen LogP contribution in [-0.2, 0) is 11.0 Å². The molecule has 0 bridgehead atoms. The van der Waals surface area contributed by atoms with E-state index in [-0.39, 0.29) is 22.9 Å². The summed E-state index contributed by atoms with van der Waals surface area (Å²) < 4.78 is 43.8. The first-order valence-corrected chi connectivity index (χ1v) is 9.84. The van der Waals surface area contributed by atoms with E-state index >= 15 is 0 Å². The maximum Gasteiger partial charge on any atom is 0.416 e. The molecule has 0 aliphatic carbocycles. The molecule has 0 aliphatic heterocycles. The first-order chi connectivity index (χ1) is 15.1. The van der Waals surface area contributed by atoms with Crippen LogP contribution in [0.15, 0.2) is 66.7 Å². The number of ether oxygens (including phenoxy) is 1. The molecule has 0 saturated heterocycles. The van der Waals surface area contributed by atoms with Gasteiger partial charge in [-0.2, -0.15) is 13.2 Å². The predicted molar refractivity (Wildman–Crippen MR) is 116 cm³/mol. The van der Waals surface area contributed by atoms with Gasteiger partial charge < -0.3 is 15.4 Å². The van der Waals surface area contributed by atoms with Gasteiger partial charge in [-0.3, -0.25) is 9.59 Å². The van der Waals surface area contributed by atoms with E-state index in [1.165, 1.54) is 36.4 Å². The van der Waals surface area contributed by atoms with Gasteiger partial charge in [-0.15, -0.1) is 0 Å². The van der Waals surface area contributed by atoms with Crippen molar-refractivity contribution < 1.29 is 27.5 Å². The third kappa shape index (κ3) is 6.15. The number of anilines is 2. The second-order valence-electron chi connectivity index (χ2n) is 6.50. The molecule has 5 nitrogen and oxygen atoms in total. The molecular formula is C22H15Cl2F3N2O3. The van der Waals surface area contributed by atoms with Crippen molar-refractivity contribution in [1.82, 2.24) is 0 Å². The number of halogens is 5. The fourth-order valence-electron chi connectivity index (χ4n) is 2.61. The number of alkyl halides is 3. The maximum atomic E-state index is 12.8. The number of carbonyl (C=O) groups excluding carboxylic acids is 2. The summed E-state index contributed by atoms with van der Waals surface area (Å²) in [6.07, 6.45) is -4.51. The second kappa shape index (κ2) is 9.93. The third-order valence-corrected chi connectivity index (χ3v) is 4.98. The Hall–Kier alpha value is -3.23. The van der Waals surface area contributed by atoms with E-state index in [0.717, 1.165) is 12.1 Å². The molecule has 0 spiro atoms. The van der Waals surface area contributed by atoms with Crippen LogP contribution in [0, 0.1) is 0 Å². The molecule has 0 heterocycles. The molecule has 0 saturated carbocycles. The van der Waals surface area contributed by atoms with E-state index in [2.05, 4.69) is 10.6 Å². The van der Waals surface area contributed by atoms with Crippen LogP contribution in [0.1, 0.15) is 15.9 Å². The van der Waals surface area contributed by atoms with Crippen LogP contribution in [0.5, 0.6) is 5.75 Å². The SMILES string of the molecule is O=C(COc1ccc(C(=O)Nc2cccc(C(F)(F)F)c2)cc1)Nc1cccc(Cl)c1Cl. The number of amides is 2. The molecule has 2 amide bonds.